The molecule has 0 spiro atoms. The van der Waals surface area contributed by atoms with Gasteiger partial charge in [-0.1, -0.05) is 0 Å². The number of nitrogens with two attached hydrogens (primary N) is 2. The molecular weight excluding hydrogens is 92.1 g/mol. The van der Waals surface area contributed by atoms with Crippen LogP contribution < -0.4 is 11.5 Å². The Bertz CT molecular complexity index is 62.7. The first-order chi connectivity index (χ1) is 3.18. The fraction of sp³-hybridized carbons (Fsp3) is 0.750. The topological polar surface area (TPSA) is 69.1 Å². The molecule has 1 radical (unpaired) electrons. The van der Waals surface area contributed by atoms with Crippen molar-refractivity contribution in [1.82, 2.24) is 0 Å². The summed E-state index contributed by atoms with van der Waals surface area (Å²) in [6.07, 6.45) is 1.57. The smallest absolute Gasteiger partial charge is 0.218 e. The summed E-state index contributed by atoms with van der Waals surface area (Å²) >= 11 is 0. The zero-order valence-electron chi connectivity index (χ0n) is 4.22. The van der Waals surface area contributed by atoms with Gasteiger partial charge in [0.1, 0.15) is 0 Å². The Balaban J connectivity index is 3.33. The van der Waals surface area contributed by atoms with E-state index in [0.717, 1.165) is 0 Å². The first-order valence-electron chi connectivity index (χ1n) is 2.07. The van der Waals surface area contributed by atoms with E-state index in [1.54, 1.807) is 13.2 Å². The minimum absolute atomic E-state index is 0.280. The molecule has 3 heteroatoms. The van der Waals surface area contributed by atoms with Crippen LogP contribution >= 0.6 is 0 Å². The molecule has 0 saturated heterocycles. The van der Waals surface area contributed by atoms with E-state index >= 15 is 0 Å². The molecule has 0 aliphatic carbocycles. The van der Waals surface area contributed by atoms with Crippen molar-refractivity contribution in [3.8, 4) is 0 Å². The Morgan fingerprint density at radius 1 is 1.57 bits per heavy atom. The Morgan fingerprint density at radius 3 is 2.00 bits per heavy atom. The minimum Gasteiger partial charge on any atom is -0.326 e. The van der Waals surface area contributed by atoms with Gasteiger partial charge in [0.25, 0.3) is 0 Å². The van der Waals surface area contributed by atoms with Crippen LogP contribution in [0.4, 0.5) is 0 Å². The van der Waals surface area contributed by atoms with Gasteiger partial charge < -0.3 is 11.5 Å². The van der Waals surface area contributed by atoms with Gasteiger partial charge in [-0.3, -0.25) is 4.79 Å². The van der Waals surface area contributed by atoms with Crippen LogP contribution in [0.1, 0.15) is 6.92 Å². The van der Waals surface area contributed by atoms with E-state index in [1.807, 2.05) is 0 Å². The van der Waals surface area contributed by atoms with Gasteiger partial charge in [-0.15, -0.1) is 0 Å². The number of hydrogen-bond donors (Lipinski definition) is 2. The van der Waals surface area contributed by atoms with Crippen molar-refractivity contribution in [2.45, 2.75) is 19.0 Å². The third-order valence-electron chi connectivity index (χ3n) is 0.703. The van der Waals surface area contributed by atoms with Crippen molar-refractivity contribution in [3.05, 3.63) is 0 Å². The highest BCUT2D eigenvalue weighted by molar-refractivity contribution is 5.59. The average Bonchev–Trinajstić information content (AvgIpc) is 1.65. The maximum Gasteiger partial charge on any atom is 0.218 e. The van der Waals surface area contributed by atoms with Gasteiger partial charge in [-0.05, 0) is 6.92 Å². The van der Waals surface area contributed by atoms with E-state index in [9.17, 15) is 4.79 Å². The summed E-state index contributed by atoms with van der Waals surface area (Å²) in [6.45, 7) is 1.66. The molecule has 2 unspecified atom stereocenters. The lowest BCUT2D eigenvalue weighted by molar-refractivity contribution is 0.527. The summed E-state index contributed by atoms with van der Waals surface area (Å²) in [5.74, 6) is 0. The molecule has 0 bridgehead atoms. The highest BCUT2D eigenvalue weighted by atomic mass is 16.1. The lowest BCUT2D eigenvalue weighted by atomic mass is 10.2. The van der Waals surface area contributed by atoms with Gasteiger partial charge in [-0.2, -0.15) is 0 Å². The van der Waals surface area contributed by atoms with Gasteiger partial charge in [0.2, 0.25) is 6.29 Å². The maximum absolute atomic E-state index is 9.62. The first-order valence-corrected chi connectivity index (χ1v) is 2.07. The highest BCUT2D eigenvalue weighted by Gasteiger charge is 2.04. The van der Waals surface area contributed by atoms with Crippen LogP contribution in [0.3, 0.4) is 0 Å². The minimum atomic E-state index is -0.625. The van der Waals surface area contributed by atoms with E-state index in [4.69, 9.17) is 11.5 Å². The monoisotopic (exact) mass is 101 g/mol. The molecule has 0 aromatic carbocycles. The Morgan fingerprint density at radius 2 is 2.00 bits per heavy atom. The van der Waals surface area contributed by atoms with Gasteiger partial charge in [0, 0.05) is 6.04 Å². The maximum atomic E-state index is 9.62. The number of hydrogen-bond acceptors (Lipinski definition) is 3. The van der Waals surface area contributed by atoms with Crippen molar-refractivity contribution in [2.75, 3.05) is 0 Å². The van der Waals surface area contributed by atoms with Crippen LogP contribution in [0, 0.1) is 0 Å². The van der Waals surface area contributed by atoms with Crippen LogP contribution in [0.5, 0.6) is 0 Å². The molecule has 0 heterocycles. The Kier molecular flexibility index (Phi) is 2.55. The van der Waals surface area contributed by atoms with E-state index in [2.05, 4.69) is 0 Å². The largest absolute Gasteiger partial charge is 0.326 e. The highest BCUT2D eigenvalue weighted by Crippen LogP contribution is 1.75. The summed E-state index contributed by atoms with van der Waals surface area (Å²) in [7, 11) is 0. The molecule has 41 valence electrons. The molecule has 0 fully saturated rings. The molecule has 0 aromatic heterocycles. The zero-order chi connectivity index (χ0) is 5.86. The molecule has 3 nitrogen and oxygen atoms in total. The molecule has 0 aromatic rings. The summed E-state index contributed by atoms with van der Waals surface area (Å²) in [4.78, 5) is 9.62. The van der Waals surface area contributed by atoms with E-state index < -0.39 is 6.04 Å². The van der Waals surface area contributed by atoms with Crippen molar-refractivity contribution in [1.29, 1.82) is 0 Å². The van der Waals surface area contributed by atoms with Crippen LogP contribution in [0.2, 0.25) is 0 Å². The first kappa shape index (κ1) is 6.59. The number of carbonyl (C=O) groups excluding carboxylic acids is 1. The van der Waals surface area contributed by atoms with Crippen molar-refractivity contribution < 1.29 is 4.79 Å². The van der Waals surface area contributed by atoms with Crippen LogP contribution in [-0.4, -0.2) is 18.4 Å². The van der Waals surface area contributed by atoms with Crippen molar-refractivity contribution >= 4 is 6.29 Å². The molecule has 0 aliphatic rings. The lowest BCUT2D eigenvalue weighted by Gasteiger charge is -2.03. The summed E-state index contributed by atoms with van der Waals surface area (Å²) in [5.41, 5.74) is 10.2. The van der Waals surface area contributed by atoms with Crippen molar-refractivity contribution in [2.24, 2.45) is 11.5 Å². The third kappa shape index (κ3) is 2.31. The normalized spacial score (nSPS) is 18.1. The standard InChI is InChI=1S/C4H9N2O/c1-3(5)4(6)2-7/h3-4H,5-6H2,1H3. The third-order valence-corrected chi connectivity index (χ3v) is 0.703. The van der Waals surface area contributed by atoms with E-state index in [-0.39, 0.29) is 6.04 Å². The molecular formula is C4H9N2O. The van der Waals surface area contributed by atoms with Crippen LogP contribution in [0.15, 0.2) is 0 Å². The summed E-state index contributed by atoms with van der Waals surface area (Å²) in [5, 5.41) is 0. The van der Waals surface area contributed by atoms with E-state index in [1.165, 1.54) is 0 Å². The second-order valence-corrected chi connectivity index (χ2v) is 1.50. The molecule has 4 N–H and O–H groups in total. The fourth-order valence-corrected chi connectivity index (χ4v) is 0.107. The molecule has 2 atom stereocenters. The SMILES string of the molecule is CC(N)C(N)[C]=O. The summed E-state index contributed by atoms with van der Waals surface area (Å²) < 4.78 is 0. The summed E-state index contributed by atoms with van der Waals surface area (Å²) in [6, 6.07) is -0.905. The molecule has 0 saturated carbocycles. The Labute approximate surface area is 42.7 Å². The Hall–Kier alpha value is -0.410. The van der Waals surface area contributed by atoms with Crippen LogP contribution in [-0.2, 0) is 4.79 Å². The second kappa shape index (κ2) is 2.71. The number of rotatable bonds is 2. The molecule has 0 amide bonds. The van der Waals surface area contributed by atoms with Crippen molar-refractivity contribution in [3.63, 3.8) is 0 Å². The average molecular weight is 101 g/mol. The van der Waals surface area contributed by atoms with Gasteiger partial charge >= 0.3 is 0 Å². The zero-order valence-corrected chi connectivity index (χ0v) is 4.22. The van der Waals surface area contributed by atoms with Crippen LogP contribution in [0.25, 0.3) is 0 Å². The van der Waals surface area contributed by atoms with Gasteiger partial charge in [0.05, 0.1) is 6.04 Å². The lowest BCUT2D eigenvalue weighted by Crippen LogP contribution is -2.39. The quantitative estimate of drug-likeness (QED) is 0.457. The molecule has 0 aliphatic heterocycles. The predicted octanol–water partition coefficient (Wildman–Crippen LogP) is -1.23. The molecule has 0 rings (SSSR count). The second-order valence-electron chi connectivity index (χ2n) is 1.50. The predicted molar refractivity (Wildman–Crippen MR) is 27.3 cm³/mol. The van der Waals surface area contributed by atoms with Gasteiger partial charge in [0.15, 0.2) is 0 Å². The van der Waals surface area contributed by atoms with E-state index in [0.29, 0.717) is 0 Å². The fourth-order valence-electron chi connectivity index (χ4n) is 0.107. The molecule has 7 heavy (non-hydrogen) atoms. The van der Waals surface area contributed by atoms with Gasteiger partial charge in [-0.25, -0.2) is 0 Å².